The Balaban J connectivity index is 1.77. The number of hydrogen-bond acceptors (Lipinski definition) is 3. The number of anilines is 1. The fourth-order valence-corrected chi connectivity index (χ4v) is 3.01. The van der Waals surface area contributed by atoms with E-state index in [4.69, 9.17) is 4.42 Å². The summed E-state index contributed by atoms with van der Waals surface area (Å²) >= 11 is 0. The number of carbonyl (C=O) groups excluding carboxylic acids is 1. The van der Waals surface area contributed by atoms with Gasteiger partial charge in [0.1, 0.15) is 18.1 Å². The van der Waals surface area contributed by atoms with E-state index in [2.05, 4.69) is 10.4 Å². The van der Waals surface area contributed by atoms with Crippen LogP contribution in [0.15, 0.2) is 47.2 Å². The van der Waals surface area contributed by atoms with E-state index in [1.165, 1.54) is 12.1 Å². The fourth-order valence-electron chi connectivity index (χ4n) is 3.01. The van der Waals surface area contributed by atoms with Gasteiger partial charge in [-0.05, 0) is 23.8 Å². The van der Waals surface area contributed by atoms with Crippen molar-refractivity contribution in [3.8, 4) is 0 Å². The van der Waals surface area contributed by atoms with E-state index in [-0.39, 0.29) is 17.9 Å². The van der Waals surface area contributed by atoms with Crippen LogP contribution in [0.5, 0.6) is 0 Å². The third kappa shape index (κ3) is 2.38. The molecular weight excluding hydrogens is 316 g/mol. The summed E-state index contributed by atoms with van der Waals surface area (Å²) in [6.45, 7) is 0.334. The predicted octanol–water partition coefficient (Wildman–Crippen LogP) is 3.28. The molecule has 1 atom stereocenters. The molecule has 0 saturated carbocycles. The smallest absolute Gasteiger partial charge is 0.226 e. The van der Waals surface area contributed by atoms with Crippen molar-refractivity contribution in [1.82, 2.24) is 9.78 Å². The summed E-state index contributed by atoms with van der Waals surface area (Å²) in [6, 6.07) is 7.54. The zero-order chi connectivity index (χ0) is 16.7. The highest BCUT2D eigenvalue weighted by Crippen LogP contribution is 2.38. The van der Waals surface area contributed by atoms with E-state index < -0.39 is 17.6 Å². The topological polar surface area (TPSA) is 60.1 Å². The lowest BCUT2D eigenvalue weighted by molar-refractivity contribution is -0.116. The highest BCUT2D eigenvalue weighted by Gasteiger charge is 2.32. The van der Waals surface area contributed by atoms with Gasteiger partial charge in [-0.1, -0.05) is 12.1 Å². The highest BCUT2D eigenvalue weighted by molar-refractivity contribution is 5.94. The summed E-state index contributed by atoms with van der Waals surface area (Å²) in [5.74, 6) is -1.54. The van der Waals surface area contributed by atoms with Gasteiger partial charge in [0.2, 0.25) is 5.91 Å². The van der Waals surface area contributed by atoms with E-state index in [0.29, 0.717) is 23.7 Å². The van der Waals surface area contributed by atoms with Crippen molar-refractivity contribution in [2.75, 3.05) is 5.32 Å². The molecule has 3 aromatic rings. The molecular formula is C17H13F2N3O2. The second kappa shape index (κ2) is 5.59. The summed E-state index contributed by atoms with van der Waals surface area (Å²) in [6.07, 6.45) is 3.17. The Morgan fingerprint density at radius 2 is 2.12 bits per heavy atom. The van der Waals surface area contributed by atoms with Gasteiger partial charge in [0.05, 0.1) is 12.5 Å². The molecule has 0 radical (unpaired) electrons. The van der Waals surface area contributed by atoms with Gasteiger partial charge < -0.3 is 9.73 Å². The SMILES string of the molecule is O=C1C[C@@H](c2cccc(F)c2F)c2cnn(Cc3ccco3)c2N1. The standard InChI is InChI=1S/C17H13F2N3O2/c18-14-5-1-4-11(16(14)19)12-7-15(23)21-17-13(12)8-20-22(17)9-10-3-2-6-24-10/h1-6,8,12H,7,9H2,(H,21,23)/t12-/m0/s1. The normalized spacial score (nSPS) is 16.8. The number of halogens is 2. The summed E-state index contributed by atoms with van der Waals surface area (Å²) in [4.78, 5) is 12.1. The molecule has 122 valence electrons. The van der Waals surface area contributed by atoms with Gasteiger partial charge in [-0.25, -0.2) is 13.5 Å². The third-order valence-electron chi connectivity index (χ3n) is 4.13. The number of nitrogens with one attached hydrogen (secondary N) is 1. The van der Waals surface area contributed by atoms with Gasteiger partial charge in [-0.15, -0.1) is 0 Å². The van der Waals surface area contributed by atoms with Gasteiger partial charge in [0.25, 0.3) is 0 Å². The Kier molecular flexibility index (Phi) is 3.41. The average molecular weight is 329 g/mol. The molecule has 1 amide bonds. The van der Waals surface area contributed by atoms with Crippen LogP contribution in [-0.2, 0) is 11.3 Å². The maximum Gasteiger partial charge on any atom is 0.226 e. The number of carbonyl (C=O) groups is 1. The molecule has 0 fully saturated rings. The molecule has 5 nitrogen and oxygen atoms in total. The number of amides is 1. The average Bonchev–Trinajstić information content (AvgIpc) is 3.20. The molecule has 1 N–H and O–H groups in total. The van der Waals surface area contributed by atoms with Gasteiger partial charge in [0, 0.05) is 17.9 Å². The minimum absolute atomic E-state index is 0.0415. The predicted molar refractivity (Wildman–Crippen MR) is 81.5 cm³/mol. The second-order valence-electron chi connectivity index (χ2n) is 5.63. The number of nitrogens with zero attached hydrogens (tertiary/aromatic N) is 2. The van der Waals surface area contributed by atoms with Crippen molar-refractivity contribution in [2.24, 2.45) is 0 Å². The van der Waals surface area contributed by atoms with Crippen LogP contribution < -0.4 is 5.32 Å². The van der Waals surface area contributed by atoms with Crippen molar-refractivity contribution < 1.29 is 18.0 Å². The first kappa shape index (κ1) is 14.6. The molecule has 0 saturated heterocycles. The lowest BCUT2D eigenvalue weighted by atomic mass is 9.87. The van der Waals surface area contributed by atoms with Crippen LogP contribution in [0.3, 0.4) is 0 Å². The van der Waals surface area contributed by atoms with Crippen LogP contribution >= 0.6 is 0 Å². The zero-order valence-corrected chi connectivity index (χ0v) is 12.5. The Morgan fingerprint density at radius 1 is 1.25 bits per heavy atom. The minimum atomic E-state index is -0.929. The molecule has 0 bridgehead atoms. The molecule has 1 aliphatic rings. The second-order valence-corrected chi connectivity index (χ2v) is 5.63. The number of fused-ring (bicyclic) bond motifs is 1. The van der Waals surface area contributed by atoms with Crippen molar-refractivity contribution in [3.05, 3.63) is 71.3 Å². The van der Waals surface area contributed by atoms with Crippen LogP contribution in [0, 0.1) is 11.6 Å². The van der Waals surface area contributed by atoms with Gasteiger partial charge in [0.15, 0.2) is 11.6 Å². The maximum absolute atomic E-state index is 14.2. The van der Waals surface area contributed by atoms with E-state index in [1.54, 1.807) is 29.3 Å². The van der Waals surface area contributed by atoms with Crippen molar-refractivity contribution in [1.29, 1.82) is 0 Å². The number of furan rings is 1. The molecule has 2 aromatic heterocycles. The Labute approximate surface area is 135 Å². The van der Waals surface area contributed by atoms with E-state index >= 15 is 0 Å². The molecule has 0 unspecified atom stereocenters. The van der Waals surface area contributed by atoms with Crippen LogP contribution in [0.2, 0.25) is 0 Å². The fraction of sp³-hybridized carbons (Fsp3) is 0.176. The lowest BCUT2D eigenvalue weighted by Crippen LogP contribution is -2.25. The van der Waals surface area contributed by atoms with Gasteiger partial charge in [-0.2, -0.15) is 5.10 Å². The van der Waals surface area contributed by atoms with Crippen molar-refractivity contribution in [3.63, 3.8) is 0 Å². The Hall–Kier alpha value is -2.96. The summed E-state index contributed by atoms with van der Waals surface area (Å²) in [5.41, 5.74) is 0.814. The minimum Gasteiger partial charge on any atom is -0.467 e. The molecule has 1 aliphatic heterocycles. The van der Waals surface area contributed by atoms with Crippen LogP contribution in [-0.4, -0.2) is 15.7 Å². The van der Waals surface area contributed by atoms with E-state index in [9.17, 15) is 13.6 Å². The monoisotopic (exact) mass is 329 g/mol. The largest absolute Gasteiger partial charge is 0.467 e. The van der Waals surface area contributed by atoms with Crippen LogP contribution in [0.1, 0.15) is 29.2 Å². The van der Waals surface area contributed by atoms with E-state index in [1.807, 2.05) is 0 Å². The molecule has 7 heteroatoms. The summed E-state index contributed by atoms with van der Waals surface area (Å²) in [7, 11) is 0. The number of aromatic nitrogens is 2. The number of rotatable bonds is 3. The third-order valence-corrected chi connectivity index (χ3v) is 4.13. The van der Waals surface area contributed by atoms with Gasteiger partial charge >= 0.3 is 0 Å². The molecule has 4 rings (SSSR count). The van der Waals surface area contributed by atoms with E-state index in [0.717, 1.165) is 6.07 Å². The van der Waals surface area contributed by atoms with Crippen LogP contribution in [0.4, 0.5) is 14.6 Å². The first-order valence-electron chi connectivity index (χ1n) is 7.45. The first-order chi connectivity index (χ1) is 11.6. The Bertz CT molecular complexity index is 903. The first-order valence-corrected chi connectivity index (χ1v) is 7.45. The lowest BCUT2D eigenvalue weighted by Gasteiger charge is -2.24. The van der Waals surface area contributed by atoms with Crippen LogP contribution in [0.25, 0.3) is 0 Å². The zero-order valence-electron chi connectivity index (χ0n) is 12.5. The molecule has 1 aromatic carbocycles. The van der Waals surface area contributed by atoms with Crippen molar-refractivity contribution in [2.45, 2.75) is 18.9 Å². The maximum atomic E-state index is 14.2. The molecule has 3 heterocycles. The summed E-state index contributed by atoms with van der Waals surface area (Å²) < 4.78 is 34.6. The number of hydrogen-bond donors (Lipinski definition) is 1. The molecule has 24 heavy (non-hydrogen) atoms. The summed E-state index contributed by atoms with van der Waals surface area (Å²) in [5, 5.41) is 7.02. The number of benzene rings is 1. The van der Waals surface area contributed by atoms with Crippen molar-refractivity contribution >= 4 is 11.7 Å². The molecule has 0 aliphatic carbocycles. The van der Waals surface area contributed by atoms with Gasteiger partial charge in [-0.3, -0.25) is 4.79 Å². The Morgan fingerprint density at radius 3 is 2.92 bits per heavy atom. The highest BCUT2D eigenvalue weighted by atomic mass is 19.2. The molecule has 0 spiro atoms. The quantitative estimate of drug-likeness (QED) is 0.802.